The molecule has 0 unspecified atom stereocenters. The number of nitrogens with one attached hydrogen (secondary N) is 1. The zero-order chi connectivity index (χ0) is 20.5. The van der Waals surface area contributed by atoms with E-state index in [4.69, 9.17) is 0 Å². The Hall–Kier alpha value is -2.85. The number of nitrogens with zero attached hydrogens (tertiary/aromatic N) is 2. The van der Waals surface area contributed by atoms with E-state index < -0.39 is 0 Å². The second-order valence-corrected chi connectivity index (χ2v) is 8.62. The third-order valence-electron chi connectivity index (χ3n) is 6.67. The Morgan fingerprint density at radius 1 is 1.03 bits per heavy atom. The first-order chi connectivity index (χ1) is 14.7. The lowest BCUT2D eigenvalue weighted by molar-refractivity contribution is 0.282. The molecule has 4 nitrogen and oxygen atoms in total. The Morgan fingerprint density at radius 3 is 2.60 bits per heavy atom. The van der Waals surface area contributed by atoms with Crippen LogP contribution in [0.3, 0.4) is 0 Å². The highest BCUT2D eigenvalue weighted by molar-refractivity contribution is 5.65. The van der Waals surface area contributed by atoms with Crippen LogP contribution in [0.25, 0.3) is 0 Å². The van der Waals surface area contributed by atoms with Crippen LogP contribution in [-0.4, -0.2) is 23.7 Å². The molecule has 2 N–H and O–H groups in total. The van der Waals surface area contributed by atoms with Crippen molar-refractivity contribution in [2.75, 3.05) is 23.8 Å². The van der Waals surface area contributed by atoms with Gasteiger partial charge in [-0.25, -0.2) is 0 Å². The summed E-state index contributed by atoms with van der Waals surface area (Å²) in [4.78, 5) is 6.47. The van der Waals surface area contributed by atoms with Gasteiger partial charge in [-0.05, 0) is 78.6 Å². The van der Waals surface area contributed by atoms with E-state index in [1.807, 2.05) is 6.07 Å². The third kappa shape index (κ3) is 3.80. The van der Waals surface area contributed by atoms with Gasteiger partial charge in [-0.15, -0.1) is 0 Å². The smallest absolute Gasteiger partial charge is 0.0703 e. The largest absolute Gasteiger partial charge is 0.392 e. The van der Waals surface area contributed by atoms with Crippen molar-refractivity contribution >= 4 is 17.1 Å². The molecule has 5 rings (SSSR count). The lowest BCUT2D eigenvalue weighted by Gasteiger charge is -2.21. The van der Waals surface area contributed by atoms with E-state index in [1.54, 1.807) is 12.4 Å². The van der Waals surface area contributed by atoms with Crippen molar-refractivity contribution in [3.63, 3.8) is 0 Å². The Labute approximate surface area is 178 Å². The quantitative estimate of drug-likeness (QED) is 0.561. The van der Waals surface area contributed by atoms with Crippen molar-refractivity contribution in [1.82, 2.24) is 4.98 Å². The number of pyridine rings is 1. The minimum Gasteiger partial charge on any atom is -0.392 e. The predicted molar refractivity (Wildman–Crippen MR) is 123 cm³/mol. The van der Waals surface area contributed by atoms with Gasteiger partial charge < -0.3 is 15.3 Å². The Bertz CT molecular complexity index is 1030. The van der Waals surface area contributed by atoms with Crippen LogP contribution in [0.4, 0.5) is 17.1 Å². The summed E-state index contributed by atoms with van der Waals surface area (Å²) in [5.41, 5.74) is 8.69. The van der Waals surface area contributed by atoms with Crippen LogP contribution in [0.1, 0.15) is 53.4 Å². The minimum absolute atomic E-state index is 0.0312. The number of aryl methyl sites for hydroxylation is 1. The van der Waals surface area contributed by atoms with E-state index >= 15 is 0 Å². The average Bonchev–Trinajstić information content (AvgIpc) is 3.57. The summed E-state index contributed by atoms with van der Waals surface area (Å²) in [6.45, 7) is 0.896. The molecule has 1 atom stereocenters. The molecule has 2 aliphatic rings. The summed E-state index contributed by atoms with van der Waals surface area (Å²) >= 11 is 0. The second kappa shape index (κ2) is 8.11. The molecule has 0 radical (unpaired) electrons. The number of aliphatic hydroxyl groups excluding tert-OH is 1. The molecule has 1 saturated carbocycles. The van der Waals surface area contributed by atoms with Crippen LogP contribution in [0.5, 0.6) is 0 Å². The molecule has 2 aliphatic carbocycles. The molecule has 4 heteroatoms. The highest BCUT2D eigenvalue weighted by atomic mass is 16.3. The number of hydrogen-bond acceptors (Lipinski definition) is 4. The molecule has 0 aliphatic heterocycles. The van der Waals surface area contributed by atoms with Crippen molar-refractivity contribution in [2.45, 2.75) is 44.1 Å². The summed E-state index contributed by atoms with van der Waals surface area (Å²) in [7, 11) is 2.15. The molecular weight excluding hydrogens is 370 g/mol. The molecule has 30 heavy (non-hydrogen) atoms. The van der Waals surface area contributed by atoms with Crippen LogP contribution >= 0.6 is 0 Å². The maximum Gasteiger partial charge on any atom is 0.0703 e. The summed E-state index contributed by atoms with van der Waals surface area (Å²) < 4.78 is 0. The normalized spacial score (nSPS) is 17.6. The summed E-state index contributed by atoms with van der Waals surface area (Å²) in [6, 6.07) is 17.8. The van der Waals surface area contributed by atoms with Crippen molar-refractivity contribution in [1.29, 1.82) is 0 Å². The fourth-order valence-electron chi connectivity index (χ4n) is 4.60. The Morgan fingerprint density at radius 2 is 1.83 bits per heavy atom. The fraction of sp³-hybridized carbons (Fsp3) is 0.346. The van der Waals surface area contributed by atoms with E-state index in [9.17, 15) is 5.11 Å². The van der Waals surface area contributed by atoms with Crippen molar-refractivity contribution in [2.24, 2.45) is 0 Å². The van der Waals surface area contributed by atoms with Crippen molar-refractivity contribution in [3.8, 4) is 0 Å². The number of benzene rings is 2. The average molecular weight is 400 g/mol. The number of fused-ring (bicyclic) bond motifs is 1. The van der Waals surface area contributed by atoms with Crippen LogP contribution in [0.15, 0.2) is 60.9 Å². The molecule has 0 bridgehead atoms. The molecular formula is C26H29N3O. The molecule has 0 amide bonds. The maximum atomic E-state index is 9.52. The van der Waals surface area contributed by atoms with Gasteiger partial charge in [-0.1, -0.05) is 18.2 Å². The second-order valence-electron chi connectivity index (χ2n) is 8.62. The van der Waals surface area contributed by atoms with Gasteiger partial charge >= 0.3 is 0 Å². The third-order valence-corrected chi connectivity index (χ3v) is 6.67. The van der Waals surface area contributed by atoms with Gasteiger partial charge in [-0.3, -0.25) is 4.98 Å². The molecule has 2 aromatic carbocycles. The SMILES string of the molecule is CN(c1ccc(C2CC2)cc1)c1ccc2c(c1)CC[C@@H]2CNc1cnccc1CO. The Balaban J connectivity index is 1.28. The lowest BCUT2D eigenvalue weighted by atomic mass is 10.0. The van der Waals surface area contributed by atoms with E-state index in [0.717, 1.165) is 36.6 Å². The standard InChI is InChI=1S/C26H29N3O/c1-29(23-8-6-19(7-9-23)18-2-3-18)24-10-11-25-20(14-24)4-5-21(25)15-28-26-16-27-13-12-22(26)17-30/h6-14,16,18,21,28,30H,2-5,15,17H2,1H3/t21-/m1/s1. The summed E-state index contributed by atoms with van der Waals surface area (Å²) in [5, 5.41) is 13.0. The van der Waals surface area contributed by atoms with Gasteiger partial charge in [-0.2, -0.15) is 0 Å². The van der Waals surface area contributed by atoms with Gasteiger partial charge in [0.1, 0.15) is 0 Å². The van der Waals surface area contributed by atoms with Gasteiger partial charge in [0.25, 0.3) is 0 Å². The highest BCUT2D eigenvalue weighted by Gasteiger charge is 2.24. The van der Waals surface area contributed by atoms with E-state index in [-0.39, 0.29) is 6.61 Å². The molecule has 1 aromatic heterocycles. The molecule has 1 fully saturated rings. The summed E-state index contributed by atoms with van der Waals surface area (Å²) in [5.74, 6) is 1.29. The summed E-state index contributed by atoms with van der Waals surface area (Å²) in [6.07, 6.45) is 8.48. The zero-order valence-corrected chi connectivity index (χ0v) is 17.5. The zero-order valence-electron chi connectivity index (χ0n) is 17.5. The number of aromatic nitrogens is 1. The highest BCUT2D eigenvalue weighted by Crippen LogP contribution is 2.41. The monoisotopic (exact) mass is 399 g/mol. The van der Waals surface area contributed by atoms with E-state index in [2.05, 4.69) is 64.7 Å². The number of rotatable bonds is 7. The topological polar surface area (TPSA) is 48.4 Å². The van der Waals surface area contributed by atoms with Crippen molar-refractivity contribution < 1.29 is 5.11 Å². The van der Waals surface area contributed by atoms with Gasteiger partial charge in [0.2, 0.25) is 0 Å². The fourth-order valence-corrected chi connectivity index (χ4v) is 4.60. The Kier molecular flexibility index (Phi) is 5.17. The lowest BCUT2D eigenvalue weighted by Crippen LogP contribution is -2.12. The van der Waals surface area contributed by atoms with Gasteiger partial charge in [0.05, 0.1) is 18.5 Å². The van der Waals surface area contributed by atoms with Crippen LogP contribution in [-0.2, 0) is 13.0 Å². The molecule has 1 heterocycles. The first-order valence-electron chi connectivity index (χ1n) is 11.0. The van der Waals surface area contributed by atoms with Crippen molar-refractivity contribution in [3.05, 3.63) is 83.2 Å². The van der Waals surface area contributed by atoms with Gasteiger partial charge in [0.15, 0.2) is 0 Å². The van der Waals surface area contributed by atoms with Crippen LogP contribution in [0.2, 0.25) is 0 Å². The first-order valence-corrected chi connectivity index (χ1v) is 11.0. The maximum absolute atomic E-state index is 9.52. The first kappa shape index (κ1) is 19.1. The molecule has 0 spiro atoms. The number of anilines is 3. The van der Waals surface area contributed by atoms with Crippen LogP contribution in [0, 0.1) is 0 Å². The van der Waals surface area contributed by atoms with E-state index in [1.165, 1.54) is 40.9 Å². The van der Waals surface area contributed by atoms with Gasteiger partial charge in [0, 0.05) is 42.6 Å². The minimum atomic E-state index is 0.0312. The van der Waals surface area contributed by atoms with E-state index in [0.29, 0.717) is 5.92 Å². The molecule has 154 valence electrons. The number of aliphatic hydroxyl groups is 1. The molecule has 0 saturated heterocycles. The predicted octanol–water partition coefficient (Wildman–Crippen LogP) is 5.36. The molecule has 3 aromatic rings. The number of hydrogen-bond donors (Lipinski definition) is 2. The van der Waals surface area contributed by atoms with Crippen LogP contribution < -0.4 is 10.2 Å².